The van der Waals surface area contributed by atoms with Gasteiger partial charge in [0.1, 0.15) is 0 Å². The van der Waals surface area contributed by atoms with E-state index in [0.29, 0.717) is 5.75 Å². The van der Waals surface area contributed by atoms with Gasteiger partial charge in [0.2, 0.25) is 0 Å². The van der Waals surface area contributed by atoms with Crippen LogP contribution in [0.5, 0.6) is 0 Å². The summed E-state index contributed by atoms with van der Waals surface area (Å²) in [5.74, 6) is 0.616. The van der Waals surface area contributed by atoms with Crippen molar-refractivity contribution in [3.05, 3.63) is 11.6 Å². The van der Waals surface area contributed by atoms with Gasteiger partial charge in [-0.3, -0.25) is 5.41 Å². The van der Waals surface area contributed by atoms with Crippen molar-refractivity contribution in [2.75, 3.05) is 5.75 Å². The molecule has 1 radical (unpaired) electrons. The summed E-state index contributed by atoms with van der Waals surface area (Å²) in [6, 6.07) is 0. The van der Waals surface area contributed by atoms with E-state index in [1.807, 2.05) is 33.8 Å². The average molecular weight is 228 g/mol. The third-order valence-electron chi connectivity index (χ3n) is 2.73. The van der Waals surface area contributed by atoms with Gasteiger partial charge >= 0.3 is 0 Å². The summed E-state index contributed by atoms with van der Waals surface area (Å²) in [6.07, 6.45) is 1.98. The molecule has 0 saturated carbocycles. The second-order valence-corrected chi connectivity index (χ2v) is 5.85. The Balaban J connectivity index is 2.84. The van der Waals surface area contributed by atoms with Crippen molar-refractivity contribution in [1.29, 1.82) is 5.41 Å². The molecule has 15 heavy (non-hydrogen) atoms. The maximum Gasteiger partial charge on any atom is 0.151 e. The van der Waals surface area contributed by atoms with E-state index >= 15 is 0 Å². The van der Waals surface area contributed by atoms with Crippen molar-refractivity contribution < 1.29 is 5.21 Å². The first-order valence-corrected chi connectivity index (χ1v) is 5.83. The molecular formula is C10H18N3OS. The summed E-state index contributed by atoms with van der Waals surface area (Å²) in [5.41, 5.74) is 5.38. The molecule has 85 valence electrons. The highest BCUT2D eigenvalue weighted by Gasteiger charge is 2.45. The number of nitrogens with zero attached hydrogens (tertiary/aromatic N) is 1. The van der Waals surface area contributed by atoms with E-state index in [9.17, 15) is 5.21 Å². The van der Waals surface area contributed by atoms with E-state index in [1.165, 1.54) is 11.8 Å². The molecule has 0 atom stereocenters. The minimum absolute atomic E-state index is 0.0915. The Kier molecular flexibility index (Phi) is 3.19. The van der Waals surface area contributed by atoms with Gasteiger partial charge in [-0.25, -0.2) is 0 Å². The standard InChI is InChI=1S/C10H18N3OS/c1-9(2)5-7(6-15-8(11)12)10(3,4)13(9)14/h5H,6H2,1-4H3,(H3,11,12). The Labute approximate surface area is 95.0 Å². The minimum Gasteiger partial charge on any atom is -0.379 e. The van der Waals surface area contributed by atoms with Crippen LogP contribution in [0, 0.1) is 5.41 Å². The predicted molar refractivity (Wildman–Crippen MR) is 63.1 cm³/mol. The molecule has 1 heterocycles. The summed E-state index contributed by atoms with van der Waals surface area (Å²) in [7, 11) is 0. The summed E-state index contributed by atoms with van der Waals surface area (Å²) in [6.45, 7) is 7.60. The lowest BCUT2D eigenvalue weighted by Crippen LogP contribution is -2.47. The molecule has 0 aliphatic carbocycles. The van der Waals surface area contributed by atoms with Gasteiger partial charge < -0.3 is 5.73 Å². The van der Waals surface area contributed by atoms with Gasteiger partial charge in [0.15, 0.2) is 5.17 Å². The summed E-state index contributed by atoms with van der Waals surface area (Å²) in [4.78, 5) is 0. The predicted octanol–water partition coefficient (Wildman–Crippen LogP) is 1.76. The van der Waals surface area contributed by atoms with Gasteiger partial charge in [-0.05, 0) is 33.3 Å². The molecule has 1 rings (SSSR count). The number of hydrogen-bond donors (Lipinski definition) is 2. The van der Waals surface area contributed by atoms with E-state index < -0.39 is 11.1 Å². The van der Waals surface area contributed by atoms with Crippen LogP contribution < -0.4 is 5.73 Å². The van der Waals surface area contributed by atoms with Crippen LogP contribution in [0.3, 0.4) is 0 Å². The van der Waals surface area contributed by atoms with Crippen LogP contribution in [0.1, 0.15) is 27.7 Å². The van der Waals surface area contributed by atoms with Crippen molar-refractivity contribution in [3.8, 4) is 0 Å². The molecule has 0 aromatic carbocycles. The Morgan fingerprint density at radius 3 is 2.40 bits per heavy atom. The first-order chi connectivity index (χ1) is 6.68. The van der Waals surface area contributed by atoms with Crippen molar-refractivity contribution in [1.82, 2.24) is 5.06 Å². The molecular weight excluding hydrogens is 210 g/mol. The summed E-state index contributed by atoms with van der Waals surface area (Å²) < 4.78 is 0. The number of amidine groups is 1. The van der Waals surface area contributed by atoms with Gasteiger partial charge in [0, 0.05) is 5.75 Å². The van der Waals surface area contributed by atoms with Gasteiger partial charge in [0.05, 0.1) is 11.1 Å². The highest BCUT2D eigenvalue weighted by molar-refractivity contribution is 8.13. The third kappa shape index (κ3) is 2.35. The molecule has 1 aliphatic heterocycles. The first-order valence-electron chi connectivity index (χ1n) is 4.84. The van der Waals surface area contributed by atoms with E-state index in [4.69, 9.17) is 11.1 Å². The molecule has 4 nitrogen and oxygen atoms in total. The Hall–Kier alpha value is -0.520. The quantitative estimate of drug-likeness (QED) is 0.429. The summed E-state index contributed by atoms with van der Waals surface area (Å²) in [5, 5.41) is 20.3. The number of rotatable bonds is 2. The number of thioether (sulfide) groups is 1. The van der Waals surface area contributed by atoms with E-state index in [1.54, 1.807) is 0 Å². The third-order valence-corrected chi connectivity index (χ3v) is 3.49. The van der Waals surface area contributed by atoms with Crippen LogP contribution in [-0.2, 0) is 5.21 Å². The Morgan fingerprint density at radius 1 is 1.53 bits per heavy atom. The smallest absolute Gasteiger partial charge is 0.151 e. The fraction of sp³-hybridized carbons (Fsp3) is 0.700. The summed E-state index contributed by atoms with van der Waals surface area (Å²) >= 11 is 1.26. The monoisotopic (exact) mass is 228 g/mol. The molecule has 0 bridgehead atoms. The number of nitrogens with one attached hydrogen (secondary N) is 1. The van der Waals surface area contributed by atoms with E-state index in [2.05, 4.69) is 0 Å². The second-order valence-electron chi connectivity index (χ2n) is 4.83. The normalized spacial score (nSPS) is 23.9. The Morgan fingerprint density at radius 2 is 2.07 bits per heavy atom. The Bertz CT molecular complexity index is 310. The molecule has 3 N–H and O–H groups in total. The highest BCUT2D eigenvalue weighted by Crippen LogP contribution is 2.39. The van der Waals surface area contributed by atoms with Gasteiger partial charge in [-0.2, -0.15) is 0 Å². The fourth-order valence-electron chi connectivity index (χ4n) is 1.89. The topological polar surface area (TPSA) is 73.0 Å². The van der Waals surface area contributed by atoms with Crippen LogP contribution in [0.2, 0.25) is 0 Å². The van der Waals surface area contributed by atoms with E-state index in [-0.39, 0.29) is 5.17 Å². The average Bonchev–Trinajstić information content (AvgIpc) is 2.23. The van der Waals surface area contributed by atoms with Gasteiger partial charge in [0.25, 0.3) is 0 Å². The van der Waals surface area contributed by atoms with Crippen molar-refractivity contribution >= 4 is 16.9 Å². The molecule has 0 unspecified atom stereocenters. The molecule has 0 aromatic rings. The zero-order valence-corrected chi connectivity index (χ0v) is 10.4. The van der Waals surface area contributed by atoms with Gasteiger partial charge in [-0.15, -0.1) is 10.3 Å². The van der Waals surface area contributed by atoms with Crippen molar-refractivity contribution in [3.63, 3.8) is 0 Å². The number of hydroxylamine groups is 2. The van der Waals surface area contributed by atoms with Crippen LogP contribution >= 0.6 is 11.8 Å². The van der Waals surface area contributed by atoms with Gasteiger partial charge in [-0.1, -0.05) is 17.8 Å². The largest absolute Gasteiger partial charge is 0.379 e. The van der Waals surface area contributed by atoms with Crippen LogP contribution in [0.4, 0.5) is 0 Å². The molecule has 5 heteroatoms. The van der Waals surface area contributed by atoms with Crippen LogP contribution in [-0.4, -0.2) is 27.1 Å². The first kappa shape index (κ1) is 12.5. The zero-order chi connectivity index (χ0) is 11.9. The highest BCUT2D eigenvalue weighted by atomic mass is 32.2. The lowest BCUT2D eigenvalue weighted by Gasteiger charge is -2.33. The van der Waals surface area contributed by atoms with Crippen molar-refractivity contribution in [2.24, 2.45) is 5.73 Å². The molecule has 0 aromatic heterocycles. The molecule has 0 fully saturated rings. The molecule has 0 spiro atoms. The lowest BCUT2D eigenvalue weighted by molar-refractivity contribution is -0.238. The fourth-order valence-corrected chi connectivity index (χ4v) is 2.63. The molecule has 1 aliphatic rings. The van der Waals surface area contributed by atoms with Crippen LogP contribution in [0.25, 0.3) is 0 Å². The second kappa shape index (κ2) is 3.81. The van der Waals surface area contributed by atoms with Crippen molar-refractivity contribution in [2.45, 2.75) is 38.8 Å². The van der Waals surface area contributed by atoms with Crippen LogP contribution in [0.15, 0.2) is 11.6 Å². The zero-order valence-electron chi connectivity index (χ0n) is 9.63. The lowest BCUT2D eigenvalue weighted by atomic mass is 9.98. The molecule has 0 amide bonds. The number of nitrogens with two attached hydrogens (primary N) is 1. The number of hydrogen-bond acceptors (Lipinski definition) is 3. The maximum atomic E-state index is 12.0. The minimum atomic E-state index is -0.494. The van der Waals surface area contributed by atoms with E-state index in [0.717, 1.165) is 10.6 Å². The molecule has 0 saturated heterocycles. The SMILES string of the molecule is CC1(C)C=C(CSC(=N)N)C(C)(C)N1[O]. The maximum absolute atomic E-state index is 12.0.